The minimum atomic E-state index is -2.30. The Kier molecular flexibility index (Phi) is 20.3. The quantitative estimate of drug-likeness (QED) is 0.0643. The number of rotatable bonds is 17. The molecule has 0 aromatic rings. The van der Waals surface area contributed by atoms with Crippen molar-refractivity contribution in [3.8, 4) is 0 Å². The number of carbonyl (C=O) groups excluding carboxylic acids is 1. The minimum absolute atomic E-state index is 0.760. The highest BCUT2D eigenvalue weighted by atomic mass is 16.8. The molecule has 0 spiro atoms. The van der Waals surface area contributed by atoms with Crippen LogP contribution in [0.25, 0.3) is 0 Å². The van der Waals surface area contributed by atoms with Crippen molar-refractivity contribution >= 4 is 5.91 Å². The number of hydrogen-bond donors (Lipinski definition) is 20. The molecule has 6 aliphatic rings. The lowest BCUT2D eigenvalue weighted by Gasteiger charge is -2.50. The number of nitrogens with one attached hydrogen (secondary N) is 1. The van der Waals surface area contributed by atoms with Crippen molar-refractivity contribution in [1.82, 2.24) is 5.32 Å². The van der Waals surface area contributed by atoms with Gasteiger partial charge in [-0.15, -0.1) is 0 Å². The van der Waals surface area contributed by atoms with Gasteiger partial charge in [0.1, 0.15) is 146 Å². The summed E-state index contributed by atoms with van der Waals surface area (Å²) in [5.41, 5.74) is 0. The second kappa shape index (κ2) is 24.7. The number of aliphatic hydroxyl groups excluding tert-OH is 19. The van der Waals surface area contributed by atoms with E-state index >= 15 is 0 Å². The molecular weight excluding hydrogens is 966 g/mol. The first-order chi connectivity index (χ1) is 33.1. The number of ether oxygens (including phenoxy) is 11. The molecule has 6 rings (SSSR count). The van der Waals surface area contributed by atoms with E-state index in [0.717, 1.165) is 6.92 Å². The van der Waals surface area contributed by atoms with Crippen molar-refractivity contribution in [3.63, 3.8) is 0 Å². The number of aliphatic hydroxyl groups is 19. The predicted molar refractivity (Wildman–Crippen MR) is 211 cm³/mol. The van der Waals surface area contributed by atoms with E-state index in [4.69, 9.17) is 52.1 Å². The van der Waals surface area contributed by atoms with E-state index in [2.05, 4.69) is 5.32 Å². The van der Waals surface area contributed by atoms with Crippen LogP contribution < -0.4 is 5.32 Å². The van der Waals surface area contributed by atoms with Gasteiger partial charge in [-0.2, -0.15) is 0 Å². The lowest BCUT2D eigenvalue weighted by molar-refractivity contribution is -0.407. The topological polar surface area (TPSA) is 515 Å². The van der Waals surface area contributed by atoms with Crippen molar-refractivity contribution in [2.24, 2.45) is 0 Å². The first-order valence-corrected chi connectivity index (χ1v) is 22.1. The van der Waals surface area contributed by atoms with Crippen LogP contribution in [0.3, 0.4) is 0 Å². The first-order valence-electron chi connectivity index (χ1n) is 22.1. The molecule has 32 heteroatoms. The fraction of sp³-hybridized carbons (Fsp3) is 0.974. The highest BCUT2D eigenvalue weighted by Gasteiger charge is 2.58. The zero-order chi connectivity index (χ0) is 51.6. The van der Waals surface area contributed by atoms with Gasteiger partial charge in [0, 0.05) is 6.92 Å². The van der Waals surface area contributed by atoms with Gasteiger partial charge in [-0.3, -0.25) is 4.79 Å². The Morgan fingerprint density at radius 1 is 0.371 bits per heavy atom. The molecule has 0 aromatic heterocycles. The van der Waals surface area contributed by atoms with Gasteiger partial charge < -0.3 is 154 Å². The van der Waals surface area contributed by atoms with Gasteiger partial charge in [-0.1, -0.05) is 0 Å². The number of amides is 1. The van der Waals surface area contributed by atoms with Crippen LogP contribution in [-0.4, -0.2) is 327 Å². The lowest BCUT2D eigenvalue weighted by Crippen LogP contribution is -2.69. The van der Waals surface area contributed by atoms with Gasteiger partial charge >= 0.3 is 0 Å². The summed E-state index contributed by atoms with van der Waals surface area (Å²) in [6.07, 6.45) is -57.2. The highest BCUT2D eigenvalue weighted by molar-refractivity contribution is 5.73. The Hall–Kier alpha value is -1.73. The average Bonchev–Trinajstić information content (AvgIpc) is 3.33. The second-order valence-electron chi connectivity index (χ2n) is 17.5. The molecule has 6 heterocycles. The van der Waals surface area contributed by atoms with Gasteiger partial charge in [0.05, 0.1) is 39.6 Å². The first kappa shape index (κ1) is 57.5. The lowest BCUT2D eigenvalue weighted by atomic mass is 9.95. The summed E-state index contributed by atoms with van der Waals surface area (Å²) < 4.78 is 62.4. The maximum Gasteiger partial charge on any atom is 0.217 e. The van der Waals surface area contributed by atoms with Crippen LogP contribution in [0, 0.1) is 0 Å². The van der Waals surface area contributed by atoms with E-state index < -0.39 is 230 Å². The molecule has 20 N–H and O–H groups in total. The molecular formula is C38H65NO31. The molecule has 1 amide bonds. The van der Waals surface area contributed by atoms with Crippen LogP contribution >= 0.6 is 0 Å². The molecule has 32 nitrogen and oxygen atoms in total. The third kappa shape index (κ3) is 12.0. The molecule has 6 saturated heterocycles. The van der Waals surface area contributed by atoms with Gasteiger partial charge in [-0.25, -0.2) is 0 Å². The van der Waals surface area contributed by atoms with E-state index in [9.17, 15) is 102 Å². The summed E-state index contributed by atoms with van der Waals surface area (Å²) in [6, 6.07) is -1.62. The molecule has 0 bridgehead atoms. The molecule has 0 saturated carbocycles. The predicted octanol–water partition coefficient (Wildman–Crippen LogP) is -14.0. The van der Waals surface area contributed by atoms with Crippen molar-refractivity contribution in [3.05, 3.63) is 0 Å². The Bertz CT molecular complexity index is 1630. The molecule has 70 heavy (non-hydrogen) atoms. The van der Waals surface area contributed by atoms with Crippen LogP contribution in [0.1, 0.15) is 6.92 Å². The third-order valence-electron chi connectivity index (χ3n) is 12.8. The maximum atomic E-state index is 12.0. The smallest absolute Gasteiger partial charge is 0.217 e. The average molecular weight is 1030 g/mol. The molecule has 0 unspecified atom stereocenters. The van der Waals surface area contributed by atoms with Crippen LogP contribution in [0.15, 0.2) is 0 Å². The minimum Gasteiger partial charge on any atom is -0.394 e. The summed E-state index contributed by atoms with van der Waals surface area (Å²) >= 11 is 0. The molecule has 0 aromatic carbocycles. The summed E-state index contributed by atoms with van der Waals surface area (Å²) in [5, 5.41) is 205. The summed E-state index contributed by atoms with van der Waals surface area (Å²) in [6.45, 7) is -4.70. The summed E-state index contributed by atoms with van der Waals surface area (Å²) in [5.74, 6) is -0.760. The highest BCUT2D eigenvalue weighted by Crippen LogP contribution is 2.37. The Labute approximate surface area is 395 Å². The zero-order valence-corrected chi connectivity index (χ0v) is 37.0. The van der Waals surface area contributed by atoms with Gasteiger partial charge in [0.15, 0.2) is 37.7 Å². The fourth-order valence-electron chi connectivity index (χ4n) is 8.77. The fourth-order valence-corrected chi connectivity index (χ4v) is 8.77. The van der Waals surface area contributed by atoms with Crippen molar-refractivity contribution < 1.29 is 154 Å². The van der Waals surface area contributed by atoms with E-state index in [-0.39, 0.29) is 0 Å². The van der Waals surface area contributed by atoms with Crippen molar-refractivity contribution in [2.45, 2.75) is 191 Å². The monoisotopic (exact) mass is 1030 g/mol. The van der Waals surface area contributed by atoms with Crippen molar-refractivity contribution in [1.29, 1.82) is 0 Å². The SMILES string of the molecule is CC(=O)N[C@@H]1[C@@H](O)[C@H](O[C@@H]2O[C@H](CO[C@H]3O[C@H](CO)[C@@H](O)[C@H](O)[C@@H]3O)[C@@H](O)[C@H](O[C@H]3O[C@H](CO)[C@@H](O)[C@H](O)[C@@H]3O[C@H]3O[C@H](CO)[C@@H](O)[C@H](O)[C@@H]3O[C@H]3O[C@H](CO)[C@@H](O)[C@H](O)[C@@H]3O)[C@@H]2O)[C@@H](CO)O[C@H]1O. The third-order valence-corrected chi connectivity index (χ3v) is 12.8. The van der Waals surface area contributed by atoms with E-state index in [1.807, 2.05) is 0 Å². The Morgan fingerprint density at radius 3 is 1.21 bits per heavy atom. The molecule has 0 radical (unpaired) electrons. The molecule has 6 fully saturated rings. The Balaban J connectivity index is 1.32. The summed E-state index contributed by atoms with van der Waals surface area (Å²) in [7, 11) is 0. The second-order valence-corrected chi connectivity index (χ2v) is 17.5. The van der Waals surface area contributed by atoms with Crippen LogP contribution in [0.4, 0.5) is 0 Å². The van der Waals surface area contributed by atoms with Crippen molar-refractivity contribution in [2.75, 3.05) is 39.6 Å². The molecule has 408 valence electrons. The van der Waals surface area contributed by atoms with Gasteiger partial charge in [0.2, 0.25) is 5.91 Å². The number of hydrogen-bond acceptors (Lipinski definition) is 31. The van der Waals surface area contributed by atoms with Gasteiger partial charge in [0.25, 0.3) is 0 Å². The van der Waals surface area contributed by atoms with E-state index in [0.29, 0.717) is 0 Å². The van der Waals surface area contributed by atoms with Crippen LogP contribution in [0.2, 0.25) is 0 Å². The molecule has 30 atom stereocenters. The normalized spacial score (nSPS) is 51.5. The maximum absolute atomic E-state index is 12.0. The van der Waals surface area contributed by atoms with E-state index in [1.165, 1.54) is 0 Å². The largest absolute Gasteiger partial charge is 0.394 e. The van der Waals surface area contributed by atoms with E-state index in [1.54, 1.807) is 0 Å². The number of carbonyl (C=O) groups is 1. The molecule has 0 aliphatic carbocycles. The van der Waals surface area contributed by atoms with Gasteiger partial charge in [-0.05, 0) is 0 Å². The summed E-state index contributed by atoms with van der Waals surface area (Å²) in [4.78, 5) is 12.0. The zero-order valence-electron chi connectivity index (χ0n) is 37.0. The van der Waals surface area contributed by atoms with Crippen LogP contribution in [-0.2, 0) is 56.9 Å². The molecule has 6 aliphatic heterocycles. The van der Waals surface area contributed by atoms with Crippen LogP contribution in [0.5, 0.6) is 0 Å². The standard InChI is InChI=1S/C38H65NO31/c1-8(45)39-15-21(51)29(13(6-44)61-33(15)59)67-36-28(58)30(20(50)14(66-36)7-60-34-26(56)22(52)16(46)9(2-40)62-34)68-37-32(25(55)19(49)11(4-42)64-37)70-38-31(24(54)18(48)12(5-43)65-38)69-35-27(57)23(53)17(47)10(3-41)63-35/h9-38,40-44,46-59H,2-7H2,1H3,(H,39,45)/t9-,10-,11-,12-,13-,14-,15-,16-,17-,18-,19-,20-,21-,22+,23+,24+,25+,26+,27+,28+,29-,30+,31+,32+,33-,34+,35-,36+,37-,38-/m1/s1. The Morgan fingerprint density at radius 2 is 0.743 bits per heavy atom.